The van der Waals surface area contributed by atoms with E-state index in [4.69, 9.17) is 4.74 Å². The third-order valence-corrected chi connectivity index (χ3v) is 5.02. The lowest BCUT2D eigenvalue weighted by Crippen LogP contribution is -2.24. The maximum Gasteiger partial charge on any atom is 0.277 e. The van der Waals surface area contributed by atoms with E-state index >= 15 is 0 Å². The van der Waals surface area contributed by atoms with Crippen molar-refractivity contribution in [3.8, 4) is 5.75 Å². The molecule has 116 valence electrons. The van der Waals surface area contributed by atoms with E-state index in [9.17, 15) is 4.79 Å². The van der Waals surface area contributed by atoms with Crippen LogP contribution in [-0.2, 0) is 4.79 Å². The quantitative estimate of drug-likeness (QED) is 0.461. The molecule has 0 atom stereocenters. The van der Waals surface area contributed by atoms with Gasteiger partial charge < -0.3 is 4.74 Å². The highest BCUT2D eigenvalue weighted by Gasteiger charge is 2.10. The van der Waals surface area contributed by atoms with Gasteiger partial charge in [-0.2, -0.15) is 5.10 Å². The molecule has 0 aliphatic carbocycles. The summed E-state index contributed by atoms with van der Waals surface area (Å²) in [6.45, 7) is 1.89. The summed E-state index contributed by atoms with van der Waals surface area (Å²) in [5.74, 6) is 0.238. The fourth-order valence-corrected chi connectivity index (χ4v) is 4.76. The van der Waals surface area contributed by atoms with Crippen LogP contribution in [0.2, 0.25) is 0 Å². The Balaban J connectivity index is 1.87. The normalized spacial score (nSPS) is 10.9. The number of hydrogen-bond donors (Lipinski definition) is 1. The second kappa shape index (κ2) is 8.24. The monoisotopic (exact) mass is 508 g/mol. The van der Waals surface area contributed by atoms with E-state index in [1.54, 1.807) is 17.6 Å². The van der Waals surface area contributed by atoms with Gasteiger partial charge in [0.2, 0.25) is 0 Å². The average molecular weight is 511 g/mol. The summed E-state index contributed by atoms with van der Waals surface area (Å²) in [5.41, 5.74) is 2.43. The molecule has 1 N–H and O–H groups in total. The molecule has 0 aliphatic rings. The van der Waals surface area contributed by atoms with Crippen LogP contribution in [0.25, 0.3) is 0 Å². The summed E-state index contributed by atoms with van der Waals surface area (Å²) >= 11 is 11.8. The van der Waals surface area contributed by atoms with Crippen LogP contribution in [0.1, 0.15) is 9.75 Å². The summed E-state index contributed by atoms with van der Waals surface area (Å²) < 4.78 is 7.89. The third-order valence-electron chi connectivity index (χ3n) is 2.45. The molecule has 1 aromatic heterocycles. The molecule has 0 unspecified atom stereocenters. The predicted octanol–water partition coefficient (Wildman–Crippen LogP) is 4.87. The first-order chi connectivity index (χ1) is 10.5. The highest BCUT2D eigenvalue weighted by Crippen LogP contribution is 2.36. The van der Waals surface area contributed by atoms with E-state index in [0.717, 1.165) is 18.3 Å². The largest absolute Gasteiger partial charge is 0.481 e. The summed E-state index contributed by atoms with van der Waals surface area (Å²) in [6.07, 6.45) is 1.61. The molecule has 2 aromatic rings. The smallest absolute Gasteiger partial charge is 0.277 e. The number of thiophene rings is 1. The number of nitrogens with zero attached hydrogens (tertiary/aromatic N) is 1. The van der Waals surface area contributed by atoms with Gasteiger partial charge in [0, 0.05) is 14.2 Å². The fraction of sp³-hybridized carbons (Fsp3) is 0.143. The Morgan fingerprint density at radius 1 is 1.32 bits per heavy atom. The van der Waals surface area contributed by atoms with Gasteiger partial charge in [0.15, 0.2) is 6.61 Å². The van der Waals surface area contributed by atoms with Crippen molar-refractivity contribution < 1.29 is 9.53 Å². The Kier molecular flexibility index (Phi) is 6.61. The van der Waals surface area contributed by atoms with E-state index < -0.39 is 0 Å². The van der Waals surface area contributed by atoms with E-state index in [1.807, 2.05) is 31.2 Å². The molecule has 1 aromatic carbocycles. The molecular weight excluding hydrogens is 500 g/mol. The van der Waals surface area contributed by atoms with E-state index in [1.165, 1.54) is 4.88 Å². The van der Waals surface area contributed by atoms with Crippen LogP contribution in [0.15, 0.2) is 42.8 Å². The number of aryl methyl sites for hydroxylation is 1. The molecule has 0 spiro atoms. The minimum atomic E-state index is -0.328. The number of nitrogens with one attached hydrogen (secondary N) is 1. The first-order valence-electron chi connectivity index (χ1n) is 6.11. The molecular formula is C14H11Br3N2O2S. The number of amides is 1. The Morgan fingerprint density at radius 3 is 2.59 bits per heavy atom. The maximum atomic E-state index is 11.7. The van der Waals surface area contributed by atoms with Gasteiger partial charge in [0.1, 0.15) is 5.75 Å². The zero-order valence-corrected chi connectivity index (χ0v) is 17.0. The summed E-state index contributed by atoms with van der Waals surface area (Å²) in [6, 6.07) is 7.63. The Morgan fingerprint density at radius 2 is 2.00 bits per heavy atom. The van der Waals surface area contributed by atoms with Crippen molar-refractivity contribution in [1.29, 1.82) is 0 Å². The molecule has 2 rings (SSSR count). The van der Waals surface area contributed by atoms with Crippen molar-refractivity contribution in [3.63, 3.8) is 0 Å². The van der Waals surface area contributed by atoms with E-state index in [2.05, 4.69) is 58.3 Å². The molecule has 4 nitrogen and oxygen atoms in total. The summed E-state index contributed by atoms with van der Waals surface area (Å²) in [5, 5.41) is 3.90. The topological polar surface area (TPSA) is 50.7 Å². The van der Waals surface area contributed by atoms with Crippen molar-refractivity contribution in [3.05, 3.63) is 47.4 Å². The molecule has 0 fully saturated rings. The lowest BCUT2D eigenvalue weighted by molar-refractivity contribution is -0.123. The molecule has 0 saturated heterocycles. The SMILES string of the molecule is Cc1ccc(/C=N/NC(=O)COc2c(Br)cc(Br)cc2Br)s1. The minimum Gasteiger partial charge on any atom is -0.481 e. The Labute approximate surface area is 157 Å². The minimum absolute atomic E-state index is 0.125. The number of hydrogen-bond acceptors (Lipinski definition) is 4. The highest BCUT2D eigenvalue weighted by atomic mass is 79.9. The van der Waals surface area contributed by atoms with Gasteiger partial charge in [-0.05, 0) is 63.0 Å². The number of halogens is 3. The maximum absolute atomic E-state index is 11.7. The molecule has 1 amide bonds. The van der Waals surface area contributed by atoms with Gasteiger partial charge in [-0.15, -0.1) is 11.3 Å². The van der Waals surface area contributed by atoms with Crippen LogP contribution >= 0.6 is 59.1 Å². The highest BCUT2D eigenvalue weighted by molar-refractivity contribution is 9.11. The van der Waals surface area contributed by atoms with Gasteiger partial charge in [0.05, 0.1) is 15.2 Å². The number of carbonyl (C=O) groups is 1. The van der Waals surface area contributed by atoms with Gasteiger partial charge in [0.25, 0.3) is 5.91 Å². The summed E-state index contributed by atoms with van der Waals surface area (Å²) in [4.78, 5) is 13.9. The second-order valence-electron chi connectivity index (χ2n) is 4.23. The van der Waals surface area contributed by atoms with Crippen molar-refractivity contribution in [1.82, 2.24) is 5.43 Å². The van der Waals surface area contributed by atoms with E-state index in [-0.39, 0.29) is 12.5 Å². The Hall–Kier alpha value is -0.700. The lowest BCUT2D eigenvalue weighted by Gasteiger charge is -2.09. The van der Waals surface area contributed by atoms with Crippen LogP contribution in [0.3, 0.4) is 0 Å². The van der Waals surface area contributed by atoms with Gasteiger partial charge in [-0.1, -0.05) is 15.9 Å². The van der Waals surface area contributed by atoms with Gasteiger partial charge >= 0.3 is 0 Å². The van der Waals surface area contributed by atoms with Crippen molar-refractivity contribution in [2.24, 2.45) is 5.10 Å². The van der Waals surface area contributed by atoms with E-state index in [0.29, 0.717) is 5.75 Å². The number of ether oxygens (including phenoxy) is 1. The van der Waals surface area contributed by atoms with Crippen LogP contribution in [0.5, 0.6) is 5.75 Å². The lowest BCUT2D eigenvalue weighted by atomic mass is 10.3. The zero-order valence-electron chi connectivity index (χ0n) is 11.4. The number of rotatable bonds is 5. The van der Waals surface area contributed by atoms with Crippen LogP contribution in [-0.4, -0.2) is 18.7 Å². The molecule has 1 heterocycles. The molecule has 0 bridgehead atoms. The standard InChI is InChI=1S/C14H11Br3N2O2S/c1-8-2-3-10(22-8)6-18-19-13(20)7-21-14-11(16)4-9(15)5-12(14)17/h2-6H,7H2,1H3,(H,19,20)/b18-6+. The third kappa shape index (κ3) is 5.19. The van der Waals surface area contributed by atoms with Crippen LogP contribution in [0.4, 0.5) is 0 Å². The molecule has 0 saturated carbocycles. The number of hydrazone groups is 1. The fourth-order valence-electron chi connectivity index (χ4n) is 1.53. The number of carbonyl (C=O) groups excluding carboxylic acids is 1. The average Bonchev–Trinajstić information content (AvgIpc) is 2.83. The van der Waals surface area contributed by atoms with Crippen molar-refractivity contribution in [2.75, 3.05) is 6.61 Å². The predicted molar refractivity (Wildman–Crippen MR) is 99.8 cm³/mol. The summed E-state index contributed by atoms with van der Waals surface area (Å²) in [7, 11) is 0. The van der Waals surface area contributed by atoms with Gasteiger partial charge in [-0.3, -0.25) is 4.79 Å². The second-order valence-corrected chi connectivity index (χ2v) is 8.17. The van der Waals surface area contributed by atoms with Crippen LogP contribution < -0.4 is 10.2 Å². The Bertz CT molecular complexity index is 693. The van der Waals surface area contributed by atoms with Crippen molar-refractivity contribution >= 4 is 71.2 Å². The van der Waals surface area contributed by atoms with Crippen molar-refractivity contribution in [2.45, 2.75) is 6.92 Å². The molecule has 8 heteroatoms. The van der Waals surface area contributed by atoms with Crippen LogP contribution in [0, 0.1) is 6.92 Å². The molecule has 0 aliphatic heterocycles. The number of benzene rings is 1. The first-order valence-corrected chi connectivity index (χ1v) is 9.31. The zero-order chi connectivity index (χ0) is 16.1. The molecule has 22 heavy (non-hydrogen) atoms. The molecule has 0 radical (unpaired) electrons. The van der Waals surface area contributed by atoms with Gasteiger partial charge in [-0.25, -0.2) is 5.43 Å². The first kappa shape index (κ1) is 17.7.